The van der Waals surface area contributed by atoms with Crippen molar-refractivity contribution in [3.63, 3.8) is 0 Å². The van der Waals surface area contributed by atoms with Crippen molar-refractivity contribution in [3.8, 4) is 0 Å². The van der Waals surface area contributed by atoms with Crippen LogP contribution in [0.4, 0.5) is 0 Å². The number of piperazine rings is 1. The second kappa shape index (κ2) is 5.81. The predicted octanol–water partition coefficient (Wildman–Crippen LogP) is -0.105. The van der Waals surface area contributed by atoms with Crippen LogP contribution in [0.5, 0.6) is 0 Å². The first-order chi connectivity index (χ1) is 8.75. The zero-order valence-electron chi connectivity index (χ0n) is 11.1. The number of nitrogens with one attached hydrogen (secondary N) is 1. The van der Waals surface area contributed by atoms with E-state index in [1.807, 2.05) is 0 Å². The first-order valence-electron chi connectivity index (χ1n) is 6.11. The first kappa shape index (κ1) is 15.1. The highest BCUT2D eigenvalue weighted by Gasteiger charge is 2.42. The van der Waals surface area contributed by atoms with Crippen molar-refractivity contribution in [3.05, 3.63) is 0 Å². The van der Waals surface area contributed by atoms with Gasteiger partial charge in [-0.15, -0.1) is 0 Å². The maximum absolute atomic E-state index is 12.0. The maximum Gasteiger partial charge on any atom is 0.303 e. The molecule has 0 aromatic heterocycles. The molecule has 1 heterocycles. The van der Waals surface area contributed by atoms with Gasteiger partial charge in [0.1, 0.15) is 12.1 Å². The second-order valence-corrected chi connectivity index (χ2v) is 5.02. The number of nitrogens with zero attached hydrogens (tertiary/aromatic N) is 1. The fourth-order valence-corrected chi connectivity index (χ4v) is 1.87. The number of aliphatic carboxylic acids is 1. The van der Waals surface area contributed by atoms with Gasteiger partial charge in [-0.2, -0.15) is 0 Å². The summed E-state index contributed by atoms with van der Waals surface area (Å²) < 4.78 is 0. The largest absolute Gasteiger partial charge is 0.481 e. The maximum atomic E-state index is 12.0. The zero-order chi connectivity index (χ0) is 14.6. The Balaban J connectivity index is 2.56. The van der Waals surface area contributed by atoms with E-state index in [4.69, 9.17) is 5.11 Å². The van der Waals surface area contributed by atoms with E-state index in [9.17, 15) is 19.2 Å². The Kier molecular flexibility index (Phi) is 4.63. The molecular weight excluding hydrogens is 252 g/mol. The number of hydrogen-bond donors (Lipinski definition) is 2. The van der Waals surface area contributed by atoms with Crippen LogP contribution in [0.3, 0.4) is 0 Å². The molecular formula is C12H18N2O5. The molecule has 0 radical (unpaired) electrons. The SMILES string of the molecule is CC1(C)C(=O)NC(=O)CN1C(=O)CCCCC(=O)O. The van der Waals surface area contributed by atoms with Crippen LogP contribution < -0.4 is 5.32 Å². The second-order valence-electron chi connectivity index (χ2n) is 5.02. The van der Waals surface area contributed by atoms with E-state index in [1.165, 1.54) is 4.90 Å². The van der Waals surface area contributed by atoms with E-state index in [0.29, 0.717) is 12.8 Å². The summed E-state index contributed by atoms with van der Waals surface area (Å²) in [6, 6.07) is 0. The minimum Gasteiger partial charge on any atom is -0.481 e. The first-order valence-corrected chi connectivity index (χ1v) is 6.11. The summed E-state index contributed by atoms with van der Waals surface area (Å²) in [5.74, 6) is -2.20. The molecule has 7 nitrogen and oxygen atoms in total. The van der Waals surface area contributed by atoms with E-state index in [-0.39, 0.29) is 25.3 Å². The molecule has 1 aliphatic rings. The zero-order valence-corrected chi connectivity index (χ0v) is 11.1. The van der Waals surface area contributed by atoms with E-state index >= 15 is 0 Å². The highest BCUT2D eigenvalue weighted by Crippen LogP contribution is 2.20. The van der Waals surface area contributed by atoms with Crippen molar-refractivity contribution >= 4 is 23.7 Å². The Labute approximate surface area is 110 Å². The molecule has 0 spiro atoms. The lowest BCUT2D eigenvalue weighted by Crippen LogP contribution is -2.65. The number of carbonyl (C=O) groups excluding carboxylic acids is 3. The third-order valence-electron chi connectivity index (χ3n) is 3.12. The average molecular weight is 270 g/mol. The summed E-state index contributed by atoms with van der Waals surface area (Å²) in [6.45, 7) is 3.00. The molecule has 2 N–H and O–H groups in total. The van der Waals surface area contributed by atoms with Gasteiger partial charge in [0.25, 0.3) is 5.91 Å². The summed E-state index contributed by atoms with van der Waals surface area (Å²) in [4.78, 5) is 46.5. The van der Waals surface area contributed by atoms with Gasteiger partial charge in [-0.3, -0.25) is 24.5 Å². The molecule has 106 valence electrons. The minimum atomic E-state index is -1.06. The van der Waals surface area contributed by atoms with Crippen LogP contribution in [-0.2, 0) is 19.2 Å². The lowest BCUT2D eigenvalue weighted by molar-refractivity contribution is -0.155. The summed E-state index contributed by atoms with van der Waals surface area (Å²) in [5.41, 5.74) is -1.06. The van der Waals surface area contributed by atoms with Crippen LogP contribution in [-0.4, -0.2) is 45.8 Å². The summed E-state index contributed by atoms with van der Waals surface area (Å²) in [7, 11) is 0. The molecule has 0 bridgehead atoms. The molecule has 0 atom stereocenters. The number of rotatable bonds is 5. The van der Waals surface area contributed by atoms with Crippen LogP contribution in [0.1, 0.15) is 39.5 Å². The van der Waals surface area contributed by atoms with Crippen LogP contribution in [0.25, 0.3) is 0 Å². The van der Waals surface area contributed by atoms with Gasteiger partial charge in [-0.05, 0) is 26.7 Å². The lowest BCUT2D eigenvalue weighted by Gasteiger charge is -2.40. The standard InChI is InChI=1S/C12H18N2O5/c1-12(2)11(19)13-8(15)7-14(12)9(16)5-3-4-6-10(17)18/h3-7H2,1-2H3,(H,17,18)(H,13,15,19). The molecule has 3 amide bonds. The Morgan fingerprint density at radius 1 is 1.26 bits per heavy atom. The van der Waals surface area contributed by atoms with Crippen molar-refractivity contribution in [1.29, 1.82) is 0 Å². The summed E-state index contributed by atoms with van der Waals surface area (Å²) in [5, 5.41) is 10.7. The molecule has 7 heteroatoms. The Hall–Kier alpha value is -1.92. The molecule has 0 unspecified atom stereocenters. The fraction of sp³-hybridized carbons (Fsp3) is 0.667. The van der Waals surface area contributed by atoms with Crippen molar-refractivity contribution in [2.75, 3.05) is 6.54 Å². The molecule has 0 aromatic carbocycles. The van der Waals surface area contributed by atoms with Crippen molar-refractivity contribution in [2.45, 2.75) is 45.1 Å². The van der Waals surface area contributed by atoms with Crippen LogP contribution in [0.2, 0.25) is 0 Å². The van der Waals surface area contributed by atoms with Gasteiger partial charge in [-0.25, -0.2) is 0 Å². The monoisotopic (exact) mass is 270 g/mol. The Bertz CT molecular complexity index is 416. The van der Waals surface area contributed by atoms with Crippen molar-refractivity contribution < 1.29 is 24.3 Å². The van der Waals surface area contributed by atoms with Gasteiger partial charge in [0.2, 0.25) is 11.8 Å². The van der Waals surface area contributed by atoms with Gasteiger partial charge < -0.3 is 10.0 Å². The summed E-state index contributed by atoms with van der Waals surface area (Å²) in [6.07, 6.45) is 0.969. The molecule has 0 aliphatic carbocycles. The fourth-order valence-electron chi connectivity index (χ4n) is 1.87. The van der Waals surface area contributed by atoms with E-state index in [2.05, 4.69) is 5.32 Å². The number of imide groups is 1. The van der Waals surface area contributed by atoms with Crippen LogP contribution in [0.15, 0.2) is 0 Å². The lowest BCUT2D eigenvalue weighted by atomic mass is 9.97. The molecule has 1 saturated heterocycles. The van der Waals surface area contributed by atoms with Gasteiger partial charge in [0, 0.05) is 12.8 Å². The molecule has 1 aliphatic heterocycles. The van der Waals surface area contributed by atoms with Crippen LogP contribution >= 0.6 is 0 Å². The highest BCUT2D eigenvalue weighted by molar-refractivity contribution is 6.06. The number of hydrogen-bond acceptors (Lipinski definition) is 4. The van der Waals surface area contributed by atoms with Crippen molar-refractivity contribution in [2.24, 2.45) is 0 Å². The van der Waals surface area contributed by atoms with Crippen molar-refractivity contribution in [1.82, 2.24) is 10.2 Å². The van der Waals surface area contributed by atoms with Gasteiger partial charge >= 0.3 is 5.97 Å². The average Bonchev–Trinajstić information content (AvgIpc) is 2.29. The Morgan fingerprint density at radius 3 is 2.42 bits per heavy atom. The number of carboxylic acids is 1. The molecule has 19 heavy (non-hydrogen) atoms. The number of unbranched alkanes of at least 4 members (excludes halogenated alkanes) is 1. The smallest absolute Gasteiger partial charge is 0.303 e. The number of amides is 3. The topological polar surface area (TPSA) is 104 Å². The molecule has 0 aromatic rings. The van der Waals surface area contributed by atoms with E-state index in [1.54, 1.807) is 13.8 Å². The minimum absolute atomic E-state index is 0.0100. The number of carbonyl (C=O) groups is 4. The predicted molar refractivity (Wildman–Crippen MR) is 65.0 cm³/mol. The molecule has 1 fully saturated rings. The number of carboxylic acid groups (broad SMARTS) is 1. The normalized spacial score (nSPS) is 18.1. The summed E-state index contributed by atoms with van der Waals surface area (Å²) >= 11 is 0. The Morgan fingerprint density at radius 2 is 1.84 bits per heavy atom. The third kappa shape index (κ3) is 3.77. The quantitative estimate of drug-likeness (QED) is 0.536. The molecule has 0 saturated carbocycles. The van der Waals surface area contributed by atoms with Crippen LogP contribution in [0, 0.1) is 0 Å². The van der Waals surface area contributed by atoms with Gasteiger partial charge in [0.15, 0.2) is 0 Å². The van der Waals surface area contributed by atoms with E-state index < -0.39 is 23.3 Å². The van der Waals surface area contributed by atoms with Gasteiger partial charge in [-0.1, -0.05) is 0 Å². The molecule has 1 rings (SSSR count). The third-order valence-corrected chi connectivity index (χ3v) is 3.12. The van der Waals surface area contributed by atoms with E-state index in [0.717, 1.165) is 0 Å². The highest BCUT2D eigenvalue weighted by atomic mass is 16.4. The van der Waals surface area contributed by atoms with Gasteiger partial charge in [0.05, 0.1) is 0 Å².